The van der Waals surface area contributed by atoms with Crippen molar-refractivity contribution < 1.29 is 4.79 Å². The Hall–Kier alpha value is -1.15. The van der Waals surface area contributed by atoms with Crippen molar-refractivity contribution in [3.63, 3.8) is 0 Å². The third-order valence-corrected chi connectivity index (χ3v) is 1.63. The first-order valence-corrected chi connectivity index (χ1v) is 3.93. The first-order valence-electron chi connectivity index (χ1n) is 3.55. The maximum absolute atomic E-state index is 9.98. The summed E-state index contributed by atoms with van der Waals surface area (Å²) in [5.41, 5.74) is 0.834. The zero-order chi connectivity index (χ0) is 8.81. The summed E-state index contributed by atoms with van der Waals surface area (Å²) in [6.07, 6.45) is 6.39. The van der Waals surface area contributed by atoms with Gasteiger partial charge in [-0.1, -0.05) is 29.8 Å². The van der Waals surface area contributed by atoms with Gasteiger partial charge < -0.3 is 4.79 Å². The highest BCUT2D eigenvalue weighted by molar-refractivity contribution is 6.30. The zero-order valence-electron chi connectivity index (χ0n) is 6.40. The lowest BCUT2D eigenvalue weighted by atomic mass is 10.2. The third-order valence-electron chi connectivity index (χ3n) is 1.32. The van der Waals surface area contributed by atoms with Crippen molar-refractivity contribution in [2.75, 3.05) is 0 Å². The molecule has 2 nitrogen and oxygen atoms in total. The molecule has 0 fully saturated rings. The molecule has 0 amide bonds. The van der Waals surface area contributed by atoms with Crippen LogP contribution < -0.4 is 0 Å². The minimum atomic E-state index is 0.408. The van der Waals surface area contributed by atoms with Crippen LogP contribution in [0.1, 0.15) is 12.0 Å². The quantitative estimate of drug-likeness (QED) is 0.529. The van der Waals surface area contributed by atoms with Gasteiger partial charge in [0.1, 0.15) is 11.4 Å². The average Bonchev–Trinajstić information content (AvgIpc) is 2.09. The number of aromatic nitrogens is 1. The molecule has 0 unspecified atom stereocenters. The second kappa shape index (κ2) is 4.67. The number of hydrogen-bond acceptors (Lipinski definition) is 2. The molecule has 0 radical (unpaired) electrons. The average molecular weight is 182 g/mol. The highest BCUT2D eigenvalue weighted by Crippen LogP contribution is 2.12. The van der Waals surface area contributed by atoms with Crippen LogP contribution in [0.3, 0.4) is 0 Å². The van der Waals surface area contributed by atoms with Gasteiger partial charge in [0.2, 0.25) is 0 Å². The molecule has 0 atom stereocenters. The van der Waals surface area contributed by atoms with Crippen molar-refractivity contribution in [2.24, 2.45) is 0 Å². The maximum atomic E-state index is 9.98. The van der Waals surface area contributed by atoms with Crippen molar-refractivity contribution in [2.45, 2.75) is 6.42 Å². The first-order chi connectivity index (χ1) is 5.84. The summed E-state index contributed by atoms with van der Waals surface area (Å²) >= 11 is 5.75. The third kappa shape index (κ3) is 2.47. The lowest BCUT2D eigenvalue weighted by molar-refractivity contribution is -0.107. The van der Waals surface area contributed by atoms with E-state index in [-0.39, 0.29) is 0 Å². The molecular weight excluding hydrogens is 174 g/mol. The standard InChI is InChI=1S/C9H8ClNO/c10-9-8(4-1-2-7-12)5-3-6-11-9/h1,3-7H,2H2. The molecule has 3 heteroatoms. The normalized spacial score (nSPS) is 10.4. The van der Waals surface area contributed by atoms with Crippen LogP contribution in [-0.2, 0) is 4.79 Å². The Kier molecular flexibility index (Phi) is 3.48. The number of pyridine rings is 1. The van der Waals surface area contributed by atoms with Crippen molar-refractivity contribution >= 4 is 24.0 Å². The van der Waals surface area contributed by atoms with Gasteiger partial charge in [0.25, 0.3) is 0 Å². The molecule has 0 bridgehead atoms. The molecule has 1 heterocycles. The van der Waals surface area contributed by atoms with Crippen LogP contribution in [0, 0.1) is 0 Å². The van der Waals surface area contributed by atoms with Gasteiger partial charge in [-0.3, -0.25) is 0 Å². The molecule has 0 saturated heterocycles. The van der Waals surface area contributed by atoms with Gasteiger partial charge in [0.15, 0.2) is 0 Å². The molecule has 0 saturated carbocycles. The lowest BCUT2D eigenvalue weighted by Gasteiger charge is -1.93. The molecule has 0 aromatic carbocycles. The zero-order valence-corrected chi connectivity index (χ0v) is 7.16. The predicted molar refractivity (Wildman–Crippen MR) is 49.0 cm³/mol. The molecule has 0 aliphatic rings. The molecule has 62 valence electrons. The van der Waals surface area contributed by atoms with Crippen molar-refractivity contribution in [3.8, 4) is 0 Å². The predicted octanol–water partition coefficient (Wildman–Crippen LogP) is 2.34. The van der Waals surface area contributed by atoms with Gasteiger partial charge in [-0.25, -0.2) is 4.98 Å². The Morgan fingerprint density at radius 1 is 1.58 bits per heavy atom. The number of halogens is 1. The number of aldehydes is 1. The monoisotopic (exact) mass is 181 g/mol. The molecule has 12 heavy (non-hydrogen) atoms. The van der Waals surface area contributed by atoms with E-state index in [4.69, 9.17) is 11.6 Å². The fourth-order valence-electron chi connectivity index (χ4n) is 0.773. The maximum Gasteiger partial charge on any atom is 0.136 e. The lowest BCUT2D eigenvalue weighted by Crippen LogP contribution is -1.78. The van der Waals surface area contributed by atoms with E-state index in [1.165, 1.54) is 0 Å². The summed E-state index contributed by atoms with van der Waals surface area (Å²) in [7, 11) is 0. The summed E-state index contributed by atoms with van der Waals surface area (Å²) in [5.74, 6) is 0. The van der Waals surface area contributed by atoms with E-state index < -0.39 is 0 Å². The van der Waals surface area contributed by atoms with Crippen molar-refractivity contribution in [3.05, 3.63) is 35.1 Å². The van der Waals surface area contributed by atoms with E-state index in [1.54, 1.807) is 24.4 Å². The van der Waals surface area contributed by atoms with Crippen LogP contribution in [0.25, 0.3) is 6.08 Å². The Balaban J connectivity index is 2.74. The molecule has 0 aliphatic carbocycles. The summed E-state index contributed by atoms with van der Waals surface area (Å²) in [4.78, 5) is 13.9. The van der Waals surface area contributed by atoms with Gasteiger partial charge >= 0.3 is 0 Å². The fraction of sp³-hybridized carbons (Fsp3) is 0.111. The number of hydrogen-bond donors (Lipinski definition) is 0. The Morgan fingerprint density at radius 3 is 3.08 bits per heavy atom. The largest absolute Gasteiger partial charge is 0.303 e. The summed E-state index contributed by atoms with van der Waals surface area (Å²) in [5, 5.41) is 0.458. The van der Waals surface area contributed by atoms with E-state index >= 15 is 0 Å². The number of carbonyl (C=O) groups is 1. The minimum Gasteiger partial charge on any atom is -0.303 e. The van der Waals surface area contributed by atoms with Gasteiger partial charge in [-0.2, -0.15) is 0 Å². The number of rotatable bonds is 3. The van der Waals surface area contributed by atoms with E-state index in [1.807, 2.05) is 6.07 Å². The Bertz CT molecular complexity index is 296. The Labute approximate surface area is 75.9 Å². The fourth-order valence-corrected chi connectivity index (χ4v) is 0.956. The minimum absolute atomic E-state index is 0.408. The SMILES string of the molecule is O=CCC=Cc1cccnc1Cl. The topological polar surface area (TPSA) is 30.0 Å². The molecule has 0 spiro atoms. The van der Waals surface area contributed by atoms with Crippen LogP contribution in [0.15, 0.2) is 24.4 Å². The van der Waals surface area contributed by atoms with Crippen molar-refractivity contribution in [1.82, 2.24) is 4.98 Å². The molecule has 1 aromatic heterocycles. The highest BCUT2D eigenvalue weighted by Gasteiger charge is 1.93. The summed E-state index contributed by atoms with van der Waals surface area (Å²) in [6.45, 7) is 0. The van der Waals surface area contributed by atoms with Gasteiger partial charge in [0, 0.05) is 18.2 Å². The van der Waals surface area contributed by atoms with Gasteiger partial charge in [-0.05, 0) is 6.07 Å². The smallest absolute Gasteiger partial charge is 0.136 e. The van der Waals surface area contributed by atoms with Crippen molar-refractivity contribution in [1.29, 1.82) is 0 Å². The number of nitrogens with zero attached hydrogens (tertiary/aromatic N) is 1. The van der Waals surface area contributed by atoms with Gasteiger partial charge in [0.05, 0.1) is 0 Å². The molecule has 1 aromatic rings. The van der Waals surface area contributed by atoms with E-state index in [0.29, 0.717) is 11.6 Å². The van der Waals surface area contributed by atoms with Crippen LogP contribution in [0.2, 0.25) is 5.15 Å². The van der Waals surface area contributed by atoms with E-state index in [2.05, 4.69) is 4.98 Å². The van der Waals surface area contributed by atoms with Crippen LogP contribution in [0.5, 0.6) is 0 Å². The summed E-state index contributed by atoms with van der Waals surface area (Å²) in [6, 6.07) is 3.64. The van der Waals surface area contributed by atoms with Crippen LogP contribution in [-0.4, -0.2) is 11.3 Å². The van der Waals surface area contributed by atoms with E-state index in [9.17, 15) is 4.79 Å². The van der Waals surface area contributed by atoms with Crippen LogP contribution >= 0.6 is 11.6 Å². The number of allylic oxidation sites excluding steroid dienone is 1. The second-order valence-electron chi connectivity index (χ2n) is 2.19. The van der Waals surface area contributed by atoms with E-state index in [0.717, 1.165) is 11.8 Å². The summed E-state index contributed by atoms with van der Waals surface area (Å²) < 4.78 is 0. The van der Waals surface area contributed by atoms with Gasteiger partial charge in [-0.15, -0.1) is 0 Å². The molecule has 0 aliphatic heterocycles. The highest BCUT2D eigenvalue weighted by atomic mass is 35.5. The van der Waals surface area contributed by atoms with Crippen LogP contribution in [0.4, 0.5) is 0 Å². The first kappa shape index (κ1) is 8.94. The molecular formula is C9H8ClNO. The second-order valence-corrected chi connectivity index (χ2v) is 2.55. The molecule has 0 N–H and O–H groups in total. The Morgan fingerprint density at radius 2 is 2.42 bits per heavy atom. The number of carbonyl (C=O) groups excluding carboxylic acids is 1. The molecule has 1 rings (SSSR count).